The van der Waals surface area contributed by atoms with Gasteiger partial charge in [-0.05, 0) is 66.6 Å². The first-order valence-electron chi connectivity index (χ1n) is 7.32. The van der Waals surface area contributed by atoms with Crippen molar-refractivity contribution in [2.75, 3.05) is 0 Å². The molecule has 0 aromatic carbocycles. The van der Waals surface area contributed by atoms with Gasteiger partial charge in [-0.3, -0.25) is 0 Å². The molecule has 1 N–H and O–H groups in total. The average molecular weight is 220 g/mol. The topological polar surface area (TPSA) is 20.2 Å². The van der Waals surface area contributed by atoms with E-state index < -0.39 is 0 Å². The van der Waals surface area contributed by atoms with Crippen molar-refractivity contribution >= 4 is 0 Å². The molecule has 0 aromatic heterocycles. The van der Waals surface area contributed by atoms with Crippen LogP contribution >= 0.6 is 0 Å². The van der Waals surface area contributed by atoms with Gasteiger partial charge in [0.15, 0.2) is 0 Å². The zero-order chi connectivity index (χ0) is 11.1. The molecule has 0 aliphatic heterocycles. The normalized spacial score (nSPS) is 66.6. The van der Waals surface area contributed by atoms with Crippen molar-refractivity contribution in [3.05, 3.63) is 0 Å². The third-order valence-corrected chi connectivity index (χ3v) is 7.09. The summed E-state index contributed by atoms with van der Waals surface area (Å²) in [5, 5.41) is 10.1. The highest BCUT2D eigenvalue weighted by Gasteiger charge is 2.66. The fourth-order valence-corrected chi connectivity index (χ4v) is 6.45. The molecule has 4 bridgehead atoms. The van der Waals surface area contributed by atoms with Gasteiger partial charge < -0.3 is 5.11 Å². The largest absolute Gasteiger partial charge is 0.393 e. The van der Waals surface area contributed by atoms with Crippen LogP contribution in [0.2, 0.25) is 0 Å². The number of aliphatic hydroxyl groups is 1. The highest BCUT2D eigenvalue weighted by Crippen LogP contribution is 2.72. The van der Waals surface area contributed by atoms with Gasteiger partial charge in [-0.1, -0.05) is 20.3 Å². The van der Waals surface area contributed by atoms with Crippen LogP contribution in [0, 0.1) is 40.9 Å². The molecule has 4 rings (SSSR count). The maximum atomic E-state index is 10.1. The molecule has 4 saturated carbocycles. The van der Waals surface area contributed by atoms with Crippen LogP contribution in [0.15, 0.2) is 0 Å². The van der Waals surface area contributed by atoms with Crippen LogP contribution in [0.3, 0.4) is 0 Å². The third-order valence-electron chi connectivity index (χ3n) is 7.09. The van der Waals surface area contributed by atoms with Crippen molar-refractivity contribution in [1.29, 1.82) is 0 Å². The molecule has 4 aliphatic carbocycles. The summed E-state index contributed by atoms with van der Waals surface area (Å²) in [6.45, 7) is 4.89. The Bertz CT molecular complexity index is 325. The van der Waals surface area contributed by atoms with E-state index in [1.807, 2.05) is 0 Å². The Balaban J connectivity index is 1.70. The van der Waals surface area contributed by atoms with E-state index in [-0.39, 0.29) is 6.10 Å². The van der Waals surface area contributed by atoms with E-state index in [0.29, 0.717) is 11.3 Å². The SMILES string of the molecule is CCC1(C)CC2CC1C1C3CC(CC3O)C21. The molecule has 4 fully saturated rings. The lowest BCUT2D eigenvalue weighted by molar-refractivity contribution is -0.0143. The van der Waals surface area contributed by atoms with E-state index in [2.05, 4.69) is 13.8 Å². The van der Waals surface area contributed by atoms with Crippen LogP contribution in [0.5, 0.6) is 0 Å². The van der Waals surface area contributed by atoms with Gasteiger partial charge in [-0.2, -0.15) is 0 Å². The van der Waals surface area contributed by atoms with E-state index in [1.165, 1.54) is 25.7 Å². The Labute approximate surface area is 98.6 Å². The fourth-order valence-electron chi connectivity index (χ4n) is 6.45. The van der Waals surface area contributed by atoms with Crippen LogP contribution in [0.4, 0.5) is 0 Å². The van der Waals surface area contributed by atoms with Gasteiger partial charge in [0, 0.05) is 0 Å². The lowest BCUT2D eigenvalue weighted by Crippen LogP contribution is -2.41. The first-order valence-corrected chi connectivity index (χ1v) is 7.32. The summed E-state index contributed by atoms with van der Waals surface area (Å²) < 4.78 is 0. The Hall–Kier alpha value is -0.0400. The van der Waals surface area contributed by atoms with Gasteiger partial charge >= 0.3 is 0 Å². The molecule has 8 atom stereocenters. The molecule has 1 nitrogen and oxygen atoms in total. The van der Waals surface area contributed by atoms with Crippen LogP contribution in [0.25, 0.3) is 0 Å². The number of rotatable bonds is 1. The summed E-state index contributed by atoms with van der Waals surface area (Å²) in [5.74, 6) is 5.52. The number of aliphatic hydroxyl groups excluding tert-OH is 1. The third kappa shape index (κ3) is 0.939. The molecule has 0 radical (unpaired) electrons. The Morgan fingerprint density at radius 1 is 1.12 bits per heavy atom. The number of hydrogen-bond acceptors (Lipinski definition) is 1. The maximum absolute atomic E-state index is 10.1. The second kappa shape index (κ2) is 2.85. The monoisotopic (exact) mass is 220 g/mol. The summed E-state index contributed by atoms with van der Waals surface area (Å²) in [7, 11) is 0. The van der Waals surface area contributed by atoms with Crippen molar-refractivity contribution < 1.29 is 5.11 Å². The summed E-state index contributed by atoms with van der Waals surface area (Å²) in [4.78, 5) is 0. The summed E-state index contributed by atoms with van der Waals surface area (Å²) in [5.41, 5.74) is 0.621. The summed E-state index contributed by atoms with van der Waals surface area (Å²) in [6, 6.07) is 0. The van der Waals surface area contributed by atoms with E-state index in [4.69, 9.17) is 0 Å². The second-order valence-electron chi connectivity index (χ2n) is 7.43. The fraction of sp³-hybridized carbons (Fsp3) is 1.00. The molecule has 8 unspecified atom stereocenters. The molecule has 90 valence electrons. The molecular formula is C15H24O. The molecule has 0 spiro atoms. The molecule has 0 amide bonds. The number of hydrogen-bond donors (Lipinski definition) is 1. The van der Waals surface area contributed by atoms with Crippen LogP contribution in [-0.2, 0) is 0 Å². The van der Waals surface area contributed by atoms with Crippen molar-refractivity contribution in [1.82, 2.24) is 0 Å². The Kier molecular flexibility index (Phi) is 1.77. The molecule has 0 heterocycles. The van der Waals surface area contributed by atoms with Crippen molar-refractivity contribution in [2.24, 2.45) is 40.9 Å². The molecule has 4 aliphatic rings. The van der Waals surface area contributed by atoms with Gasteiger partial charge in [-0.25, -0.2) is 0 Å². The van der Waals surface area contributed by atoms with Gasteiger partial charge in [0.2, 0.25) is 0 Å². The molecule has 1 heteroatoms. The second-order valence-corrected chi connectivity index (χ2v) is 7.43. The predicted octanol–water partition coefficient (Wildman–Crippen LogP) is 3.08. The zero-order valence-corrected chi connectivity index (χ0v) is 10.5. The van der Waals surface area contributed by atoms with Gasteiger partial charge in [0.25, 0.3) is 0 Å². The standard InChI is InChI=1S/C15H24O/c1-3-15(2)7-9-5-11(15)14-10-4-8(13(9)14)6-12(10)16/h8-14,16H,3-7H2,1-2H3. The van der Waals surface area contributed by atoms with Gasteiger partial charge in [0.1, 0.15) is 0 Å². The first kappa shape index (κ1) is 9.94. The molecule has 0 saturated heterocycles. The number of fused-ring (bicyclic) bond motifs is 9. The minimum Gasteiger partial charge on any atom is -0.393 e. The maximum Gasteiger partial charge on any atom is 0.0574 e. The molecule has 0 aromatic rings. The average Bonchev–Trinajstić information content (AvgIpc) is 2.93. The highest BCUT2D eigenvalue weighted by atomic mass is 16.3. The predicted molar refractivity (Wildman–Crippen MR) is 63.8 cm³/mol. The first-order chi connectivity index (χ1) is 7.64. The van der Waals surface area contributed by atoms with Crippen molar-refractivity contribution in [2.45, 2.75) is 52.1 Å². The van der Waals surface area contributed by atoms with Crippen LogP contribution in [0.1, 0.15) is 46.0 Å². The van der Waals surface area contributed by atoms with E-state index in [9.17, 15) is 5.11 Å². The summed E-state index contributed by atoms with van der Waals surface area (Å²) in [6.07, 6.45) is 6.91. The zero-order valence-electron chi connectivity index (χ0n) is 10.5. The van der Waals surface area contributed by atoms with E-state index in [1.54, 1.807) is 0 Å². The highest BCUT2D eigenvalue weighted by molar-refractivity contribution is 5.15. The minimum absolute atomic E-state index is 0.0618. The Morgan fingerprint density at radius 3 is 2.69 bits per heavy atom. The minimum atomic E-state index is 0.0618. The van der Waals surface area contributed by atoms with Gasteiger partial charge in [0.05, 0.1) is 6.10 Å². The van der Waals surface area contributed by atoms with Crippen molar-refractivity contribution in [3.63, 3.8) is 0 Å². The molecular weight excluding hydrogens is 196 g/mol. The van der Waals surface area contributed by atoms with E-state index >= 15 is 0 Å². The van der Waals surface area contributed by atoms with Gasteiger partial charge in [-0.15, -0.1) is 0 Å². The van der Waals surface area contributed by atoms with E-state index in [0.717, 1.165) is 36.0 Å². The molecule has 16 heavy (non-hydrogen) atoms. The summed E-state index contributed by atoms with van der Waals surface area (Å²) >= 11 is 0. The quantitative estimate of drug-likeness (QED) is 0.673. The van der Waals surface area contributed by atoms with Crippen LogP contribution < -0.4 is 0 Å². The van der Waals surface area contributed by atoms with Crippen LogP contribution in [-0.4, -0.2) is 11.2 Å². The lowest BCUT2D eigenvalue weighted by atomic mass is 9.60. The smallest absolute Gasteiger partial charge is 0.0574 e. The lowest BCUT2D eigenvalue weighted by Gasteiger charge is -2.45. The Morgan fingerprint density at radius 2 is 1.94 bits per heavy atom. The van der Waals surface area contributed by atoms with Crippen molar-refractivity contribution in [3.8, 4) is 0 Å².